The summed E-state index contributed by atoms with van der Waals surface area (Å²) in [6.07, 6.45) is 1.80. The predicted molar refractivity (Wildman–Crippen MR) is 78.6 cm³/mol. The summed E-state index contributed by atoms with van der Waals surface area (Å²) in [5.41, 5.74) is -0.419. The van der Waals surface area contributed by atoms with Gasteiger partial charge in [-0.25, -0.2) is 8.78 Å². The van der Waals surface area contributed by atoms with Crippen LogP contribution in [0.1, 0.15) is 23.2 Å². The molecule has 0 spiro atoms. The van der Waals surface area contributed by atoms with Gasteiger partial charge in [-0.2, -0.15) is 0 Å². The highest BCUT2D eigenvalue weighted by atomic mass is 35.5. The lowest BCUT2D eigenvalue weighted by atomic mass is 9.92. The second kappa shape index (κ2) is 6.71. The van der Waals surface area contributed by atoms with Crippen molar-refractivity contribution in [1.82, 2.24) is 10.2 Å². The maximum Gasteiger partial charge on any atom is 0.259 e. The van der Waals surface area contributed by atoms with E-state index in [-0.39, 0.29) is 12.4 Å². The smallest absolute Gasteiger partial charge is 0.259 e. The fourth-order valence-electron chi connectivity index (χ4n) is 3.28. The van der Waals surface area contributed by atoms with Gasteiger partial charge in [-0.05, 0) is 49.9 Å². The quantitative estimate of drug-likeness (QED) is 0.863. The number of carbonyl (C=O) groups excluding carboxylic acids is 1. The van der Waals surface area contributed by atoms with Gasteiger partial charge in [0.15, 0.2) is 0 Å². The maximum absolute atomic E-state index is 13.7. The predicted octanol–water partition coefficient (Wildman–Crippen LogP) is 2.46. The minimum absolute atomic E-state index is 0. The number of rotatable bonds is 1. The van der Waals surface area contributed by atoms with Crippen molar-refractivity contribution in [3.8, 4) is 0 Å². The lowest BCUT2D eigenvalue weighted by Crippen LogP contribution is -2.34. The molecule has 0 saturated carbocycles. The molecule has 1 N–H and O–H groups in total. The summed E-state index contributed by atoms with van der Waals surface area (Å²) < 4.78 is 27.4. The normalized spacial score (nSPS) is 25.0. The van der Waals surface area contributed by atoms with Crippen molar-refractivity contribution < 1.29 is 13.6 Å². The Balaban J connectivity index is 0.00000161. The van der Waals surface area contributed by atoms with Gasteiger partial charge in [-0.3, -0.25) is 4.79 Å². The Bertz CT molecular complexity index is 492. The molecule has 1 aromatic rings. The van der Waals surface area contributed by atoms with E-state index < -0.39 is 23.1 Å². The molecule has 21 heavy (non-hydrogen) atoms. The maximum atomic E-state index is 13.7. The van der Waals surface area contributed by atoms with Gasteiger partial charge < -0.3 is 10.2 Å². The van der Waals surface area contributed by atoms with E-state index in [1.807, 2.05) is 0 Å². The first-order valence-electron chi connectivity index (χ1n) is 7.11. The fraction of sp³-hybridized carbons (Fsp3) is 0.533. The van der Waals surface area contributed by atoms with Crippen LogP contribution >= 0.6 is 12.4 Å². The molecule has 116 valence electrons. The Morgan fingerprint density at radius 1 is 1.10 bits per heavy atom. The van der Waals surface area contributed by atoms with Crippen LogP contribution in [0.2, 0.25) is 0 Å². The van der Waals surface area contributed by atoms with Gasteiger partial charge in [0.1, 0.15) is 17.2 Å². The summed E-state index contributed by atoms with van der Waals surface area (Å²) in [7, 11) is 0. The van der Waals surface area contributed by atoms with E-state index in [0.29, 0.717) is 24.9 Å². The molecule has 3 rings (SSSR count). The zero-order chi connectivity index (χ0) is 14.1. The average Bonchev–Trinajstić information content (AvgIpc) is 2.77. The van der Waals surface area contributed by atoms with E-state index in [4.69, 9.17) is 0 Å². The van der Waals surface area contributed by atoms with Crippen LogP contribution in [0.15, 0.2) is 18.2 Å². The van der Waals surface area contributed by atoms with Gasteiger partial charge in [0.05, 0.1) is 0 Å². The van der Waals surface area contributed by atoms with Crippen LogP contribution in [-0.4, -0.2) is 37.0 Å². The average molecular weight is 317 g/mol. The molecule has 2 aliphatic heterocycles. The standard InChI is InChI=1S/C15H18F2N2O.ClH/c16-12-2-1-3-13(17)14(12)15(20)19-6-4-10-8-18-9-11(10)5-7-19;/h1-3,10-11,18H,4-9H2;1H/t10-,11+;. The summed E-state index contributed by atoms with van der Waals surface area (Å²) in [5.74, 6) is -0.910. The zero-order valence-corrected chi connectivity index (χ0v) is 12.5. The number of carbonyl (C=O) groups is 1. The zero-order valence-electron chi connectivity index (χ0n) is 11.6. The molecule has 2 fully saturated rings. The fourth-order valence-corrected chi connectivity index (χ4v) is 3.28. The molecule has 0 unspecified atom stereocenters. The number of likely N-dealkylation sites (tertiary alicyclic amines) is 1. The van der Waals surface area contributed by atoms with Crippen LogP contribution in [-0.2, 0) is 0 Å². The van der Waals surface area contributed by atoms with Crippen LogP contribution < -0.4 is 5.32 Å². The monoisotopic (exact) mass is 316 g/mol. The third-order valence-corrected chi connectivity index (χ3v) is 4.48. The van der Waals surface area contributed by atoms with Gasteiger partial charge >= 0.3 is 0 Å². The van der Waals surface area contributed by atoms with Crippen molar-refractivity contribution in [3.63, 3.8) is 0 Å². The minimum Gasteiger partial charge on any atom is -0.338 e. The lowest BCUT2D eigenvalue weighted by molar-refractivity contribution is 0.0748. The van der Waals surface area contributed by atoms with Gasteiger partial charge in [0.2, 0.25) is 0 Å². The van der Waals surface area contributed by atoms with Gasteiger partial charge in [0, 0.05) is 13.1 Å². The molecule has 0 aliphatic carbocycles. The van der Waals surface area contributed by atoms with Crippen molar-refractivity contribution in [1.29, 1.82) is 0 Å². The van der Waals surface area contributed by atoms with E-state index in [0.717, 1.165) is 38.1 Å². The summed E-state index contributed by atoms with van der Waals surface area (Å²) >= 11 is 0. The Morgan fingerprint density at radius 3 is 2.14 bits per heavy atom. The molecule has 2 heterocycles. The van der Waals surface area contributed by atoms with E-state index in [9.17, 15) is 13.6 Å². The number of fused-ring (bicyclic) bond motifs is 1. The molecule has 2 saturated heterocycles. The molecular weight excluding hydrogens is 298 g/mol. The molecule has 2 atom stereocenters. The third kappa shape index (κ3) is 3.19. The van der Waals surface area contributed by atoms with Crippen molar-refractivity contribution in [3.05, 3.63) is 35.4 Å². The first-order valence-corrected chi connectivity index (χ1v) is 7.11. The van der Waals surface area contributed by atoms with Gasteiger partial charge in [-0.1, -0.05) is 6.07 Å². The second-order valence-corrected chi connectivity index (χ2v) is 5.64. The van der Waals surface area contributed by atoms with E-state index in [1.54, 1.807) is 4.90 Å². The highest BCUT2D eigenvalue weighted by molar-refractivity contribution is 5.94. The topological polar surface area (TPSA) is 32.3 Å². The Morgan fingerprint density at radius 2 is 1.62 bits per heavy atom. The molecule has 0 radical (unpaired) electrons. The number of benzene rings is 1. The molecule has 6 heteroatoms. The first-order chi connectivity index (χ1) is 9.66. The van der Waals surface area contributed by atoms with Gasteiger partial charge in [0.25, 0.3) is 5.91 Å². The van der Waals surface area contributed by atoms with Crippen molar-refractivity contribution >= 4 is 18.3 Å². The van der Waals surface area contributed by atoms with Crippen molar-refractivity contribution in [2.45, 2.75) is 12.8 Å². The molecule has 1 amide bonds. The van der Waals surface area contributed by atoms with Crippen LogP contribution in [0.4, 0.5) is 8.78 Å². The Kier molecular flexibility index (Phi) is 5.17. The summed E-state index contributed by atoms with van der Waals surface area (Å²) in [5, 5.41) is 3.36. The van der Waals surface area contributed by atoms with E-state index in [1.165, 1.54) is 6.07 Å². The minimum atomic E-state index is -0.777. The second-order valence-electron chi connectivity index (χ2n) is 5.64. The lowest BCUT2D eigenvalue weighted by Gasteiger charge is -2.21. The summed E-state index contributed by atoms with van der Waals surface area (Å²) in [6, 6.07) is 3.54. The van der Waals surface area contributed by atoms with E-state index in [2.05, 4.69) is 5.32 Å². The number of nitrogens with zero attached hydrogens (tertiary/aromatic N) is 1. The van der Waals surface area contributed by atoms with E-state index >= 15 is 0 Å². The van der Waals surface area contributed by atoms with Gasteiger partial charge in [-0.15, -0.1) is 12.4 Å². The highest BCUT2D eigenvalue weighted by Crippen LogP contribution is 2.28. The number of halogens is 3. The van der Waals surface area contributed by atoms with Crippen LogP contribution in [0.5, 0.6) is 0 Å². The third-order valence-electron chi connectivity index (χ3n) is 4.48. The number of amides is 1. The Labute approximate surface area is 129 Å². The molecule has 0 aromatic heterocycles. The summed E-state index contributed by atoms with van der Waals surface area (Å²) in [6.45, 7) is 3.13. The van der Waals surface area contributed by atoms with Crippen molar-refractivity contribution in [2.75, 3.05) is 26.2 Å². The van der Waals surface area contributed by atoms with Crippen LogP contribution in [0, 0.1) is 23.5 Å². The molecule has 0 bridgehead atoms. The number of hydrogen-bond acceptors (Lipinski definition) is 2. The highest BCUT2D eigenvalue weighted by Gasteiger charge is 2.32. The molecule has 1 aromatic carbocycles. The largest absolute Gasteiger partial charge is 0.338 e. The van der Waals surface area contributed by atoms with Crippen LogP contribution in [0.3, 0.4) is 0 Å². The molecule has 2 aliphatic rings. The SMILES string of the molecule is Cl.O=C(c1c(F)cccc1F)N1CC[C@@H]2CNC[C@@H]2CC1. The van der Waals surface area contributed by atoms with Crippen molar-refractivity contribution in [2.24, 2.45) is 11.8 Å². The number of nitrogens with one attached hydrogen (secondary N) is 1. The first kappa shape index (κ1) is 16.2. The summed E-state index contributed by atoms with van der Waals surface area (Å²) in [4.78, 5) is 13.9. The molecular formula is C15H19ClF2N2O. The Hall–Kier alpha value is -1.20. The molecule has 3 nitrogen and oxygen atoms in total. The number of hydrogen-bond donors (Lipinski definition) is 1. The van der Waals surface area contributed by atoms with Crippen LogP contribution in [0.25, 0.3) is 0 Å².